The van der Waals surface area contributed by atoms with Crippen LogP contribution in [-0.4, -0.2) is 67.6 Å². The lowest BCUT2D eigenvalue weighted by Gasteiger charge is -2.33. The maximum Gasteiger partial charge on any atom is 0.418 e. The Morgan fingerprint density at radius 2 is 1.57 bits per heavy atom. The van der Waals surface area contributed by atoms with Crippen molar-refractivity contribution in [1.82, 2.24) is 9.80 Å². The predicted octanol–water partition coefficient (Wildman–Crippen LogP) is 5.45. The molecule has 218 valence electrons. The van der Waals surface area contributed by atoms with E-state index < -0.39 is 11.7 Å². The van der Waals surface area contributed by atoms with E-state index in [9.17, 15) is 18.0 Å². The molecule has 2 aromatic carbocycles. The number of likely N-dealkylation sites (tertiary alicyclic amines) is 2. The molecule has 3 fully saturated rings. The van der Waals surface area contributed by atoms with Crippen LogP contribution in [0, 0.1) is 11.8 Å². The van der Waals surface area contributed by atoms with Gasteiger partial charge in [-0.3, -0.25) is 4.79 Å². The van der Waals surface area contributed by atoms with Gasteiger partial charge in [0.25, 0.3) is 0 Å². The van der Waals surface area contributed by atoms with Crippen molar-refractivity contribution in [2.24, 2.45) is 11.8 Å². The predicted molar refractivity (Wildman–Crippen MR) is 154 cm³/mol. The molecular weight excluding hydrogens is 515 g/mol. The largest absolute Gasteiger partial charge is 0.418 e. The summed E-state index contributed by atoms with van der Waals surface area (Å²) in [6.07, 6.45) is -2.55. The first-order valence-corrected chi connectivity index (χ1v) is 14.5. The van der Waals surface area contributed by atoms with Gasteiger partial charge in [0.15, 0.2) is 0 Å². The number of nitrogens with one attached hydrogen (secondary N) is 1. The van der Waals surface area contributed by atoms with Crippen LogP contribution in [0.5, 0.6) is 0 Å². The number of rotatable bonds is 6. The van der Waals surface area contributed by atoms with Crippen LogP contribution in [0.3, 0.4) is 0 Å². The number of fused-ring (bicyclic) bond motifs is 1. The summed E-state index contributed by atoms with van der Waals surface area (Å²) < 4.78 is 39.5. The molecule has 40 heavy (non-hydrogen) atoms. The lowest BCUT2D eigenvalue weighted by atomic mass is 9.87. The molecule has 3 aliphatic heterocycles. The Morgan fingerprint density at radius 3 is 2.15 bits per heavy atom. The molecule has 0 aromatic heterocycles. The van der Waals surface area contributed by atoms with Crippen LogP contribution in [0.15, 0.2) is 42.5 Å². The SMILES string of the molecule is CC(C)(C)c1ccc(N2CC3CN(CCC(=O)N4CCC(Nc5ccc(N)c(C(F)(F)F)c5)CC4)CC3C2)cc1. The maximum atomic E-state index is 13.2. The molecule has 0 radical (unpaired) electrons. The summed E-state index contributed by atoms with van der Waals surface area (Å²) in [6, 6.07) is 13.0. The fourth-order valence-corrected chi connectivity index (χ4v) is 6.47. The quantitative estimate of drug-likeness (QED) is 0.463. The number of hydrogen-bond donors (Lipinski definition) is 2. The second-order valence-corrected chi connectivity index (χ2v) is 12.8. The zero-order valence-corrected chi connectivity index (χ0v) is 23.8. The molecule has 0 saturated carbocycles. The van der Waals surface area contributed by atoms with Gasteiger partial charge in [0.2, 0.25) is 5.91 Å². The Hall–Kier alpha value is -2.94. The first-order valence-electron chi connectivity index (χ1n) is 14.5. The molecule has 1 amide bonds. The van der Waals surface area contributed by atoms with Crippen LogP contribution < -0.4 is 16.0 Å². The molecule has 6 nitrogen and oxygen atoms in total. The van der Waals surface area contributed by atoms with Gasteiger partial charge in [0.05, 0.1) is 5.56 Å². The molecule has 3 aliphatic rings. The van der Waals surface area contributed by atoms with E-state index in [-0.39, 0.29) is 23.1 Å². The van der Waals surface area contributed by atoms with Gasteiger partial charge in [-0.05, 0) is 66.0 Å². The molecule has 2 atom stereocenters. The van der Waals surface area contributed by atoms with E-state index in [1.165, 1.54) is 17.3 Å². The third-order valence-electron chi connectivity index (χ3n) is 8.88. The highest BCUT2D eigenvalue weighted by Gasteiger charge is 2.40. The number of nitrogens with zero attached hydrogens (tertiary/aromatic N) is 3. The first-order chi connectivity index (χ1) is 18.9. The Balaban J connectivity index is 1.03. The number of carbonyl (C=O) groups excluding carboxylic acids is 1. The Kier molecular flexibility index (Phi) is 7.97. The molecule has 9 heteroatoms. The highest BCUT2D eigenvalue weighted by atomic mass is 19.4. The Labute approximate surface area is 235 Å². The average molecular weight is 558 g/mol. The van der Waals surface area contributed by atoms with E-state index in [4.69, 9.17) is 5.73 Å². The highest BCUT2D eigenvalue weighted by Crippen LogP contribution is 2.36. The third-order valence-corrected chi connectivity index (χ3v) is 8.88. The summed E-state index contributed by atoms with van der Waals surface area (Å²) in [5, 5.41) is 3.20. The van der Waals surface area contributed by atoms with Gasteiger partial charge in [-0.2, -0.15) is 13.2 Å². The lowest BCUT2D eigenvalue weighted by molar-refractivity contribution is -0.137. The van der Waals surface area contributed by atoms with Crippen LogP contribution in [0.25, 0.3) is 0 Å². The summed E-state index contributed by atoms with van der Waals surface area (Å²) in [5.74, 6) is 1.46. The monoisotopic (exact) mass is 557 g/mol. The van der Waals surface area contributed by atoms with Gasteiger partial charge in [-0.15, -0.1) is 0 Å². The normalized spacial score (nSPS) is 22.6. The van der Waals surface area contributed by atoms with Gasteiger partial charge in [-0.1, -0.05) is 32.9 Å². The zero-order chi connectivity index (χ0) is 28.7. The highest BCUT2D eigenvalue weighted by molar-refractivity contribution is 5.76. The van der Waals surface area contributed by atoms with E-state index in [2.05, 4.69) is 60.2 Å². The van der Waals surface area contributed by atoms with E-state index in [1.54, 1.807) is 6.07 Å². The van der Waals surface area contributed by atoms with Crippen LogP contribution in [-0.2, 0) is 16.4 Å². The number of nitrogen functional groups attached to an aromatic ring is 1. The minimum atomic E-state index is -4.48. The minimum Gasteiger partial charge on any atom is -0.398 e. The van der Waals surface area contributed by atoms with Crippen molar-refractivity contribution in [3.05, 3.63) is 53.6 Å². The molecule has 2 aromatic rings. The summed E-state index contributed by atoms with van der Waals surface area (Å²) in [4.78, 5) is 19.8. The van der Waals surface area contributed by atoms with Crippen LogP contribution >= 0.6 is 0 Å². The molecule has 0 bridgehead atoms. The van der Waals surface area contributed by atoms with E-state index >= 15 is 0 Å². The molecule has 3 N–H and O–H groups in total. The van der Waals surface area contributed by atoms with Crippen LogP contribution in [0.1, 0.15) is 51.2 Å². The summed E-state index contributed by atoms with van der Waals surface area (Å²) in [7, 11) is 0. The molecule has 3 heterocycles. The summed E-state index contributed by atoms with van der Waals surface area (Å²) in [6.45, 7) is 13.0. The van der Waals surface area contributed by atoms with E-state index in [0.29, 0.717) is 49.9 Å². The Morgan fingerprint density at radius 1 is 0.950 bits per heavy atom. The number of carbonyl (C=O) groups is 1. The van der Waals surface area contributed by atoms with Crippen LogP contribution in [0.4, 0.5) is 30.2 Å². The second kappa shape index (κ2) is 11.1. The van der Waals surface area contributed by atoms with Gasteiger partial charge >= 0.3 is 6.18 Å². The average Bonchev–Trinajstić information content (AvgIpc) is 3.47. The summed E-state index contributed by atoms with van der Waals surface area (Å²) in [5.41, 5.74) is 7.64. The molecular formula is C31H42F3N5O. The molecule has 5 rings (SSSR count). The van der Waals surface area contributed by atoms with Crippen molar-refractivity contribution in [2.45, 2.75) is 57.7 Å². The van der Waals surface area contributed by atoms with Crippen molar-refractivity contribution in [3.8, 4) is 0 Å². The Bertz CT molecular complexity index is 1170. The van der Waals surface area contributed by atoms with E-state index in [0.717, 1.165) is 38.8 Å². The number of nitrogens with two attached hydrogens (primary N) is 1. The van der Waals surface area contributed by atoms with Gasteiger partial charge in [0, 0.05) is 75.3 Å². The zero-order valence-electron chi connectivity index (χ0n) is 23.8. The molecule has 3 saturated heterocycles. The number of amides is 1. The van der Waals surface area contributed by atoms with Gasteiger partial charge in [-0.25, -0.2) is 0 Å². The van der Waals surface area contributed by atoms with Crippen molar-refractivity contribution >= 4 is 23.0 Å². The van der Waals surface area contributed by atoms with Crippen molar-refractivity contribution < 1.29 is 18.0 Å². The van der Waals surface area contributed by atoms with Gasteiger partial charge < -0.3 is 25.8 Å². The number of anilines is 3. The van der Waals surface area contributed by atoms with Crippen molar-refractivity contribution in [1.29, 1.82) is 0 Å². The number of piperidine rings is 1. The topological polar surface area (TPSA) is 64.8 Å². The van der Waals surface area contributed by atoms with Crippen molar-refractivity contribution in [2.75, 3.05) is 61.8 Å². The molecule has 0 aliphatic carbocycles. The smallest absolute Gasteiger partial charge is 0.398 e. The fraction of sp³-hybridized carbons (Fsp3) is 0.581. The van der Waals surface area contributed by atoms with Crippen LogP contribution in [0.2, 0.25) is 0 Å². The number of halogens is 3. The molecule has 2 unspecified atom stereocenters. The third kappa shape index (κ3) is 6.51. The van der Waals surface area contributed by atoms with Gasteiger partial charge in [0.1, 0.15) is 0 Å². The molecule has 0 spiro atoms. The number of alkyl halides is 3. The van der Waals surface area contributed by atoms with Crippen molar-refractivity contribution in [3.63, 3.8) is 0 Å². The van der Waals surface area contributed by atoms with E-state index in [1.807, 2.05) is 4.90 Å². The minimum absolute atomic E-state index is 0.0272. The number of hydrogen-bond acceptors (Lipinski definition) is 5. The number of benzene rings is 2. The standard InChI is InChI=1S/C31H42F3N5O/c1-30(2,3)23-4-7-26(8-5-23)39-19-21-17-37(18-22(21)20-39)13-12-29(40)38-14-10-24(11-15-38)36-25-6-9-28(35)27(16-25)31(32,33)34/h4-9,16,21-22,24,36H,10-15,17-20,35H2,1-3H3. The second-order valence-electron chi connectivity index (χ2n) is 12.8. The maximum absolute atomic E-state index is 13.2. The first kappa shape index (κ1) is 28.6. The fourth-order valence-electron chi connectivity index (χ4n) is 6.47. The summed E-state index contributed by atoms with van der Waals surface area (Å²) >= 11 is 0. The lowest BCUT2D eigenvalue weighted by Crippen LogP contribution is -2.43.